The molecule has 2 saturated heterocycles. The zero-order chi connectivity index (χ0) is 22.1. The second-order valence-corrected chi connectivity index (χ2v) is 7.27. The van der Waals surface area contributed by atoms with Gasteiger partial charge in [-0.2, -0.15) is 13.2 Å². The highest BCUT2D eigenvalue weighted by Gasteiger charge is 2.39. The molecule has 2 fully saturated rings. The summed E-state index contributed by atoms with van der Waals surface area (Å²) in [6.45, 7) is 0.232. The van der Waals surface area contributed by atoms with Crippen LogP contribution in [0.3, 0.4) is 0 Å². The number of H-pyrrole nitrogens is 1. The fraction of sp³-hybridized carbons (Fsp3) is 0.588. The lowest BCUT2D eigenvalue weighted by Gasteiger charge is -2.26. The molecule has 4 amide bonds. The predicted octanol–water partition coefficient (Wildman–Crippen LogP) is -0.789. The van der Waals surface area contributed by atoms with Crippen molar-refractivity contribution in [3.63, 3.8) is 0 Å². The highest BCUT2D eigenvalue weighted by Crippen LogP contribution is 2.26. The van der Waals surface area contributed by atoms with E-state index in [9.17, 15) is 32.3 Å². The number of amides is 4. The lowest BCUT2D eigenvalue weighted by Crippen LogP contribution is -2.54. The number of carbonyl (C=O) groups is 4. The number of imidazole rings is 1. The molecular weight excluding hydrogens is 409 g/mol. The Hall–Kier alpha value is -2.96. The van der Waals surface area contributed by atoms with Crippen molar-refractivity contribution in [1.29, 1.82) is 0 Å². The molecule has 164 valence electrons. The van der Waals surface area contributed by atoms with Gasteiger partial charge in [0.25, 0.3) is 0 Å². The van der Waals surface area contributed by atoms with E-state index >= 15 is 0 Å². The summed E-state index contributed by atoms with van der Waals surface area (Å²) in [4.78, 5) is 55.0. The molecule has 0 bridgehead atoms. The zero-order valence-corrected chi connectivity index (χ0v) is 15.8. The number of rotatable bonds is 5. The Morgan fingerprint density at radius 1 is 1.30 bits per heavy atom. The van der Waals surface area contributed by atoms with E-state index in [0.29, 0.717) is 12.8 Å². The lowest BCUT2D eigenvalue weighted by molar-refractivity contribution is -0.144. The molecule has 1 aromatic heterocycles. The standard InChI is InChI=1S/C17H21F3N6O4/c18-17(19,20)16-22-7-8(23-16)6-9(21)15(30)26-5-1-2-11(26)14(29)25-13(28)10-3-4-12(27)24-10/h7,9-11H,1-6,21H2,(H,22,23)(H,24,27)(H,25,28,29). The molecule has 3 atom stereocenters. The van der Waals surface area contributed by atoms with E-state index in [1.54, 1.807) is 0 Å². The second kappa shape index (κ2) is 8.42. The number of halogens is 3. The fourth-order valence-corrected chi connectivity index (χ4v) is 3.55. The lowest BCUT2D eigenvalue weighted by atomic mass is 10.1. The number of hydrogen-bond acceptors (Lipinski definition) is 6. The number of imide groups is 1. The Morgan fingerprint density at radius 3 is 2.63 bits per heavy atom. The molecule has 13 heteroatoms. The number of likely N-dealkylation sites (tertiary alicyclic amines) is 1. The van der Waals surface area contributed by atoms with Gasteiger partial charge < -0.3 is 20.9 Å². The van der Waals surface area contributed by atoms with Crippen molar-refractivity contribution < 1.29 is 32.3 Å². The van der Waals surface area contributed by atoms with Crippen LogP contribution < -0.4 is 16.4 Å². The summed E-state index contributed by atoms with van der Waals surface area (Å²) >= 11 is 0. The maximum Gasteiger partial charge on any atom is 0.449 e. The summed E-state index contributed by atoms with van der Waals surface area (Å²) in [6, 6.07) is -2.90. The summed E-state index contributed by atoms with van der Waals surface area (Å²) in [7, 11) is 0. The van der Waals surface area contributed by atoms with Crippen molar-refractivity contribution in [2.75, 3.05) is 6.54 Å². The normalized spacial score (nSPS) is 22.7. The van der Waals surface area contributed by atoms with E-state index in [0.717, 1.165) is 6.20 Å². The van der Waals surface area contributed by atoms with Crippen molar-refractivity contribution >= 4 is 23.6 Å². The molecule has 30 heavy (non-hydrogen) atoms. The van der Waals surface area contributed by atoms with Crippen LogP contribution in [0, 0.1) is 0 Å². The molecule has 5 N–H and O–H groups in total. The van der Waals surface area contributed by atoms with Crippen LogP contribution in [0.25, 0.3) is 0 Å². The average molecular weight is 430 g/mol. The van der Waals surface area contributed by atoms with Crippen molar-refractivity contribution in [2.24, 2.45) is 5.73 Å². The van der Waals surface area contributed by atoms with Crippen LogP contribution in [-0.2, 0) is 31.8 Å². The monoisotopic (exact) mass is 430 g/mol. The molecule has 2 aliphatic rings. The topological polar surface area (TPSA) is 150 Å². The first-order valence-corrected chi connectivity index (χ1v) is 9.37. The van der Waals surface area contributed by atoms with E-state index in [-0.39, 0.29) is 37.4 Å². The van der Waals surface area contributed by atoms with Crippen LogP contribution in [0.15, 0.2) is 6.20 Å². The number of nitrogens with two attached hydrogens (primary N) is 1. The van der Waals surface area contributed by atoms with Gasteiger partial charge in [0.2, 0.25) is 29.5 Å². The van der Waals surface area contributed by atoms with E-state index in [1.807, 2.05) is 0 Å². The molecule has 0 aliphatic carbocycles. The fourth-order valence-electron chi connectivity index (χ4n) is 3.55. The smallest absolute Gasteiger partial charge is 0.344 e. The van der Waals surface area contributed by atoms with E-state index in [4.69, 9.17) is 5.73 Å². The van der Waals surface area contributed by atoms with Crippen molar-refractivity contribution in [1.82, 2.24) is 25.5 Å². The highest BCUT2D eigenvalue weighted by molar-refractivity contribution is 6.03. The minimum absolute atomic E-state index is 0.0375. The van der Waals surface area contributed by atoms with Gasteiger partial charge in [-0.05, 0) is 19.3 Å². The number of hydrogen-bond donors (Lipinski definition) is 4. The van der Waals surface area contributed by atoms with Crippen LogP contribution in [0.2, 0.25) is 0 Å². The molecule has 3 rings (SSSR count). The van der Waals surface area contributed by atoms with E-state index in [2.05, 4.69) is 20.6 Å². The minimum atomic E-state index is -4.64. The Balaban J connectivity index is 1.59. The zero-order valence-electron chi connectivity index (χ0n) is 15.8. The van der Waals surface area contributed by atoms with Gasteiger partial charge in [-0.15, -0.1) is 0 Å². The van der Waals surface area contributed by atoms with Gasteiger partial charge in [-0.25, -0.2) is 4.98 Å². The summed E-state index contributed by atoms with van der Waals surface area (Å²) in [5, 5.41) is 4.66. The van der Waals surface area contributed by atoms with Crippen molar-refractivity contribution in [2.45, 2.75) is 56.4 Å². The van der Waals surface area contributed by atoms with Gasteiger partial charge in [0.15, 0.2) is 0 Å². The number of aromatic nitrogens is 2. The Labute approximate surface area is 168 Å². The first-order chi connectivity index (χ1) is 14.1. The molecule has 3 heterocycles. The molecule has 1 aromatic rings. The Kier molecular flexibility index (Phi) is 6.10. The predicted molar refractivity (Wildman–Crippen MR) is 94.3 cm³/mol. The quantitative estimate of drug-likeness (QED) is 0.450. The van der Waals surface area contributed by atoms with Gasteiger partial charge in [0.05, 0.1) is 6.04 Å². The number of carbonyl (C=O) groups excluding carboxylic acids is 4. The molecule has 0 saturated carbocycles. The molecule has 10 nitrogen and oxygen atoms in total. The third kappa shape index (κ3) is 4.78. The van der Waals surface area contributed by atoms with Crippen molar-refractivity contribution in [3.05, 3.63) is 17.7 Å². The summed E-state index contributed by atoms with van der Waals surface area (Å²) in [6.07, 6.45) is -2.61. The average Bonchev–Trinajstić information content (AvgIpc) is 3.40. The number of nitrogens with one attached hydrogen (secondary N) is 3. The number of alkyl halides is 3. The van der Waals surface area contributed by atoms with Crippen molar-refractivity contribution in [3.8, 4) is 0 Å². The SMILES string of the molecule is NC(Cc1cnc(C(F)(F)F)[nH]1)C(=O)N1CCCC1C(=O)NC(=O)C1CCC(=O)N1. The van der Waals surface area contributed by atoms with Crippen LogP contribution in [0.4, 0.5) is 13.2 Å². The van der Waals surface area contributed by atoms with Crippen LogP contribution >= 0.6 is 0 Å². The third-order valence-corrected chi connectivity index (χ3v) is 5.05. The second-order valence-electron chi connectivity index (χ2n) is 7.27. The van der Waals surface area contributed by atoms with Crippen LogP contribution in [0.5, 0.6) is 0 Å². The molecule has 2 aliphatic heterocycles. The maximum absolute atomic E-state index is 12.7. The van der Waals surface area contributed by atoms with Gasteiger partial charge >= 0.3 is 6.18 Å². The van der Waals surface area contributed by atoms with Crippen LogP contribution in [-0.4, -0.2) is 63.2 Å². The largest absolute Gasteiger partial charge is 0.449 e. The first kappa shape index (κ1) is 21.7. The van der Waals surface area contributed by atoms with Gasteiger partial charge in [0, 0.05) is 31.3 Å². The molecule has 3 unspecified atom stereocenters. The summed E-state index contributed by atoms with van der Waals surface area (Å²) in [5.41, 5.74) is 5.90. The number of nitrogens with zero attached hydrogens (tertiary/aromatic N) is 2. The van der Waals surface area contributed by atoms with E-state index in [1.165, 1.54) is 4.90 Å². The van der Waals surface area contributed by atoms with E-state index < -0.39 is 47.8 Å². The first-order valence-electron chi connectivity index (χ1n) is 9.37. The summed E-state index contributed by atoms with van der Waals surface area (Å²) in [5.74, 6) is -3.41. The Bertz CT molecular complexity index is 855. The minimum Gasteiger partial charge on any atom is -0.344 e. The Morgan fingerprint density at radius 2 is 2.03 bits per heavy atom. The van der Waals surface area contributed by atoms with Gasteiger partial charge in [-0.1, -0.05) is 0 Å². The molecule has 0 radical (unpaired) electrons. The molecule has 0 spiro atoms. The third-order valence-electron chi connectivity index (χ3n) is 5.05. The number of aromatic amines is 1. The highest BCUT2D eigenvalue weighted by atomic mass is 19.4. The molecule has 0 aromatic carbocycles. The van der Waals surface area contributed by atoms with Crippen LogP contribution in [0.1, 0.15) is 37.2 Å². The molecular formula is C17H21F3N6O4. The van der Waals surface area contributed by atoms with Gasteiger partial charge in [-0.3, -0.25) is 24.5 Å². The van der Waals surface area contributed by atoms with Gasteiger partial charge in [0.1, 0.15) is 12.1 Å². The summed E-state index contributed by atoms with van der Waals surface area (Å²) < 4.78 is 37.9. The maximum atomic E-state index is 12.7.